The van der Waals surface area contributed by atoms with Crippen molar-refractivity contribution in [2.75, 3.05) is 46.0 Å². The van der Waals surface area contributed by atoms with Gasteiger partial charge in [-0.1, -0.05) is 162 Å². The summed E-state index contributed by atoms with van der Waals surface area (Å²) >= 11 is 0. The monoisotopic (exact) mass is 655 g/mol. The molecule has 1 atom stereocenters. The molecule has 46 heavy (non-hydrogen) atoms. The number of unbranched alkanes of at least 4 members (excludes halogenated alkanes) is 21. The van der Waals surface area contributed by atoms with Gasteiger partial charge in [-0.2, -0.15) is 0 Å². The number of nitrogens with zero attached hydrogens (tertiary/aromatic N) is 1. The smallest absolute Gasteiger partial charge is 0.219 e. The van der Waals surface area contributed by atoms with Crippen LogP contribution in [0.25, 0.3) is 0 Å². The molecular weight excluding hydrogens is 572 g/mol. The van der Waals surface area contributed by atoms with Gasteiger partial charge < -0.3 is 25.2 Å². The van der Waals surface area contributed by atoms with Crippen molar-refractivity contribution in [1.29, 1.82) is 0 Å². The van der Waals surface area contributed by atoms with Crippen LogP contribution in [-0.4, -0.2) is 73.1 Å². The van der Waals surface area contributed by atoms with Gasteiger partial charge in [-0.25, -0.2) is 0 Å². The largest absolute Gasteiger partial charge is 0.394 e. The maximum Gasteiger partial charge on any atom is 0.219 e. The molecule has 0 heterocycles. The van der Waals surface area contributed by atoms with E-state index >= 15 is 0 Å². The molecule has 0 saturated heterocycles. The quantitative estimate of drug-likeness (QED) is 0.0577. The molecule has 276 valence electrons. The highest BCUT2D eigenvalue weighted by Crippen LogP contribution is 2.14. The molecule has 1 amide bonds. The summed E-state index contributed by atoms with van der Waals surface area (Å²) in [4.78, 5) is 14.4. The zero-order valence-corrected chi connectivity index (χ0v) is 31.4. The third kappa shape index (κ3) is 36.2. The Morgan fingerprint density at radius 2 is 1.09 bits per heavy atom. The van der Waals surface area contributed by atoms with Crippen LogP contribution in [0, 0.1) is 5.92 Å². The normalized spacial score (nSPS) is 12.4. The van der Waals surface area contributed by atoms with Crippen molar-refractivity contribution < 1.29 is 19.7 Å². The van der Waals surface area contributed by atoms with Crippen LogP contribution in [0.3, 0.4) is 0 Å². The van der Waals surface area contributed by atoms with Gasteiger partial charge in [0.25, 0.3) is 0 Å². The first kappa shape index (κ1) is 45.3. The van der Waals surface area contributed by atoms with Crippen molar-refractivity contribution in [2.45, 2.75) is 200 Å². The van der Waals surface area contributed by atoms with E-state index in [-0.39, 0.29) is 12.5 Å². The molecule has 0 rings (SSSR count). The Morgan fingerprint density at radius 1 is 0.630 bits per heavy atom. The van der Waals surface area contributed by atoms with Crippen LogP contribution < -0.4 is 5.32 Å². The summed E-state index contributed by atoms with van der Waals surface area (Å²) in [5, 5.41) is 22.3. The van der Waals surface area contributed by atoms with Crippen LogP contribution in [0.4, 0.5) is 0 Å². The fraction of sp³-hybridized carbons (Fsp3) is 0.975. The predicted octanol–water partition coefficient (Wildman–Crippen LogP) is 9.98. The fourth-order valence-corrected chi connectivity index (χ4v) is 6.24. The first-order chi connectivity index (χ1) is 22.5. The molecule has 0 aromatic heterocycles. The average Bonchev–Trinajstić information content (AvgIpc) is 3.04. The van der Waals surface area contributed by atoms with Gasteiger partial charge in [-0.15, -0.1) is 0 Å². The molecule has 0 bridgehead atoms. The summed E-state index contributed by atoms with van der Waals surface area (Å²) in [6.07, 6.45) is 33.7. The molecule has 0 saturated carbocycles. The highest BCUT2D eigenvalue weighted by Gasteiger charge is 2.11. The first-order valence-corrected chi connectivity index (χ1v) is 20.3. The molecule has 0 aliphatic rings. The third-order valence-corrected chi connectivity index (χ3v) is 9.24. The summed E-state index contributed by atoms with van der Waals surface area (Å²) in [6.45, 7) is 11.0. The summed E-state index contributed by atoms with van der Waals surface area (Å²) in [7, 11) is 0. The molecule has 6 heteroatoms. The van der Waals surface area contributed by atoms with Gasteiger partial charge in [0.1, 0.15) is 0 Å². The molecule has 3 N–H and O–H groups in total. The summed E-state index contributed by atoms with van der Waals surface area (Å²) in [5.74, 6) is 0.999. The van der Waals surface area contributed by atoms with Crippen LogP contribution in [0.5, 0.6) is 0 Å². The zero-order valence-electron chi connectivity index (χ0n) is 31.4. The number of amides is 1. The number of carbonyl (C=O) groups is 1. The van der Waals surface area contributed by atoms with Crippen molar-refractivity contribution in [3.63, 3.8) is 0 Å². The Balaban J connectivity index is 3.65. The SMILES string of the molecule is CCCCCCCCCCCCCCCCCC(=O)NCCCN(CCCOCCCCCCCCCCC(C)C)CC(O)CO. The predicted molar refractivity (Wildman–Crippen MR) is 199 cm³/mol. The van der Waals surface area contributed by atoms with E-state index in [2.05, 4.69) is 31.0 Å². The number of aliphatic hydroxyl groups excluding tert-OH is 2. The minimum Gasteiger partial charge on any atom is -0.394 e. The molecule has 0 aromatic rings. The lowest BCUT2D eigenvalue weighted by Gasteiger charge is -2.24. The van der Waals surface area contributed by atoms with E-state index in [0.29, 0.717) is 19.5 Å². The second-order valence-corrected chi connectivity index (χ2v) is 14.5. The summed E-state index contributed by atoms with van der Waals surface area (Å²) in [5.41, 5.74) is 0. The number of carbonyl (C=O) groups excluding carboxylic acids is 1. The number of hydrogen-bond acceptors (Lipinski definition) is 5. The molecule has 0 spiro atoms. The van der Waals surface area contributed by atoms with Gasteiger partial charge in [0, 0.05) is 39.3 Å². The molecule has 0 aromatic carbocycles. The number of ether oxygens (including phenoxy) is 1. The summed E-state index contributed by atoms with van der Waals surface area (Å²) in [6, 6.07) is 0. The molecule has 0 aliphatic heterocycles. The number of rotatable bonds is 38. The lowest BCUT2D eigenvalue weighted by Crippen LogP contribution is -2.37. The second kappa shape index (κ2) is 37.1. The van der Waals surface area contributed by atoms with Crippen molar-refractivity contribution in [3.8, 4) is 0 Å². The van der Waals surface area contributed by atoms with E-state index in [1.807, 2.05) is 0 Å². The first-order valence-electron chi connectivity index (χ1n) is 20.3. The van der Waals surface area contributed by atoms with Gasteiger partial charge in [-0.05, 0) is 38.1 Å². The van der Waals surface area contributed by atoms with Crippen LogP contribution >= 0.6 is 0 Å². The van der Waals surface area contributed by atoms with Gasteiger partial charge in [-0.3, -0.25) is 4.79 Å². The molecule has 1 unspecified atom stereocenters. The van der Waals surface area contributed by atoms with Gasteiger partial charge in [0.2, 0.25) is 5.91 Å². The minimum absolute atomic E-state index is 0.159. The number of aliphatic hydroxyl groups is 2. The van der Waals surface area contributed by atoms with Crippen LogP contribution in [0.15, 0.2) is 0 Å². The Bertz CT molecular complexity index is 604. The van der Waals surface area contributed by atoms with Crippen molar-refractivity contribution in [2.24, 2.45) is 5.92 Å². The fourth-order valence-electron chi connectivity index (χ4n) is 6.24. The molecule has 0 radical (unpaired) electrons. The van der Waals surface area contributed by atoms with E-state index < -0.39 is 6.10 Å². The lowest BCUT2D eigenvalue weighted by molar-refractivity contribution is -0.121. The van der Waals surface area contributed by atoms with Crippen LogP contribution in [0.1, 0.15) is 194 Å². The van der Waals surface area contributed by atoms with Crippen molar-refractivity contribution in [1.82, 2.24) is 10.2 Å². The Morgan fingerprint density at radius 3 is 1.61 bits per heavy atom. The highest BCUT2D eigenvalue weighted by molar-refractivity contribution is 5.75. The topological polar surface area (TPSA) is 82.0 Å². The lowest BCUT2D eigenvalue weighted by atomic mass is 10.0. The van der Waals surface area contributed by atoms with E-state index in [4.69, 9.17) is 4.74 Å². The van der Waals surface area contributed by atoms with E-state index in [1.165, 1.54) is 135 Å². The molecular formula is C40H82N2O4. The standard InChI is InChI=1S/C40H82N2O4/c1-4-5-6-7-8-9-10-11-12-13-14-15-19-22-25-30-40(45)41-31-27-32-42(36-39(44)37-43)33-28-35-46-34-26-23-20-17-16-18-21-24-29-38(2)3/h38-39,43-44H,4-37H2,1-3H3,(H,41,45). The Labute approximate surface area is 287 Å². The maximum absolute atomic E-state index is 12.3. The molecule has 6 nitrogen and oxygen atoms in total. The van der Waals surface area contributed by atoms with E-state index in [0.717, 1.165) is 64.3 Å². The van der Waals surface area contributed by atoms with Crippen molar-refractivity contribution >= 4 is 5.91 Å². The van der Waals surface area contributed by atoms with E-state index in [1.54, 1.807) is 0 Å². The number of nitrogens with one attached hydrogen (secondary N) is 1. The van der Waals surface area contributed by atoms with E-state index in [9.17, 15) is 15.0 Å². The third-order valence-electron chi connectivity index (χ3n) is 9.24. The van der Waals surface area contributed by atoms with Gasteiger partial charge >= 0.3 is 0 Å². The molecule has 0 fully saturated rings. The summed E-state index contributed by atoms with van der Waals surface area (Å²) < 4.78 is 5.86. The van der Waals surface area contributed by atoms with Gasteiger partial charge in [0.05, 0.1) is 12.7 Å². The maximum atomic E-state index is 12.3. The van der Waals surface area contributed by atoms with Crippen LogP contribution in [-0.2, 0) is 9.53 Å². The van der Waals surface area contributed by atoms with Crippen LogP contribution in [0.2, 0.25) is 0 Å². The van der Waals surface area contributed by atoms with Gasteiger partial charge in [0.15, 0.2) is 0 Å². The Hall–Kier alpha value is -0.690. The molecule has 0 aliphatic carbocycles. The second-order valence-electron chi connectivity index (χ2n) is 14.5. The Kier molecular flexibility index (Phi) is 36.6. The number of hydrogen-bond donors (Lipinski definition) is 3. The minimum atomic E-state index is -0.726. The van der Waals surface area contributed by atoms with Crippen molar-refractivity contribution in [3.05, 3.63) is 0 Å². The highest BCUT2D eigenvalue weighted by atomic mass is 16.5. The zero-order chi connectivity index (χ0) is 33.8. The average molecular weight is 655 g/mol.